The molecule has 0 aliphatic carbocycles. The van der Waals surface area contributed by atoms with Crippen LogP contribution < -0.4 is 0 Å². The maximum absolute atomic E-state index is 11.6. The minimum atomic E-state index is -0.643. The Labute approximate surface area is 121 Å². The summed E-state index contributed by atoms with van der Waals surface area (Å²) in [5.41, 5.74) is 1.23. The van der Waals surface area contributed by atoms with Crippen molar-refractivity contribution < 1.29 is 18.7 Å². The van der Waals surface area contributed by atoms with Gasteiger partial charge in [-0.05, 0) is 42.3 Å². The Hall–Kier alpha value is -2.07. The fourth-order valence-corrected chi connectivity index (χ4v) is 1.75. The van der Waals surface area contributed by atoms with Gasteiger partial charge in [-0.1, -0.05) is 19.1 Å². The first-order chi connectivity index (χ1) is 9.61. The van der Waals surface area contributed by atoms with Crippen molar-refractivity contribution in [2.24, 2.45) is 0 Å². The van der Waals surface area contributed by atoms with Crippen molar-refractivity contribution in [3.8, 4) is 11.3 Å². The SMILES string of the molecule is CCCOC(=O)c1ccc(-c2ccc(C(=O)Cl)o2)cc1. The second-order valence-corrected chi connectivity index (χ2v) is 4.49. The van der Waals surface area contributed by atoms with E-state index in [1.807, 2.05) is 6.92 Å². The van der Waals surface area contributed by atoms with E-state index in [-0.39, 0.29) is 11.7 Å². The molecule has 1 heterocycles. The Balaban J connectivity index is 2.14. The summed E-state index contributed by atoms with van der Waals surface area (Å²) >= 11 is 5.33. The molecule has 2 aromatic rings. The molecule has 0 aliphatic heterocycles. The van der Waals surface area contributed by atoms with E-state index in [9.17, 15) is 9.59 Å². The van der Waals surface area contributed by atoms with Crippen LogP contribution in [0, 0.1) is 0 Å². The Morgan fingerprint density at radius 1 is 1.15 bits per heavy atom. The summed E-state index contributed by atoms with van der Waals surface area (Å²) in [5, 5.41) is -0.643. The Bertz CT molecular complexity index is 613. The third-order valence-corrected chi connectivity index (χ3v) is 2.83. The number of carbonyl (C=O) groups excluding carboxylic acids is 2. The van der Waals surface area contributed by atoms with Crippen molar-refractivity contribution in [3.63, 3.8) is 0 Å². The molecule has 0 saturated heterocycles. The van der Waals surface area contributed by atoms with E-state index >= 15 is 0 Å². The van der Waals surface area contributed by atoms with Crippen LogP contribution in [0.25, 0.3) is 11.3 Å². The molecule has 0 bridgehead atoms. The number of carbonyl (C=O) groups is 2. The normalized spacial score (nSPS) is 10.3. The Morgan fingerprint density at radius 3 is 2.40 bits per heavy atom. The van der Waals surface area contributed by atoms with Crippen molar-refractivity contribution in [3.05, 3.63) is 47.7 Å². The largest absolute Gasteiger partial charge is 0.462 e. The topological polar surface area (TPSA) is 56.5 Å². The highest BCUT2D eigenvalue weighted by atomic mass is 35.5. The van der Waals surface area contributed by atoms with Crippen LogP contribution in [0.5, 0.6) is 0 Å². The molecule has 5 heteroatoms. The summed E-state index contributed by atoms with van der Waals surface area (Å²) in [5.74, 6) is 0.255. The molecule has 1 aromatic carbocycles. The maximum Gasteiger partial charge on any atom is 0.338 e. The smallest absolute Gasteiger partial charge is 0.338 e. The average molecular weight is 293 g/mol. The zero-order valence-electron chi connectivity index (χ0n) is 10.9. The van der Waals surface area contributed by atoms with Crippen molar-refractivity contribution in [1.29, 1.82) is 0 Å². The molecular formula is C15H13ClO4. The molecule has 0 spiro atoms. The van der Waals surface area contributed by atoms with Gasteiger partial charge in [-0.25, -0.2) is 4.79 Å². The van der Waals surface area contributed by atoms with E-state index in [0.29, 0.717) is 17.9 Å². The molecule has 0 unspecified atom stereocenters. The molecule has 0 fully saturated rings. The monoisotopic (exact) mass is 292 g/mol. The van der Waals surface area contributed by atoms with Gasteiger partial charge in [-0.15, -0.1) is 0 Å². The number of hydrogen-bond donors (Lipinski definition) is 0. The molecule has 0 amide bonds. The van der Waals surface area contributed by atoms with Gasteiger partial charge in [0.25, 0.3) is 5.24 Å². The number of rotatable bonds is 5. The molecule has 4 nitrogen and oxygen atoms in total. The average Bonchev–Trinajstić information content (AvgIpc) is 2.95. The van der Waals surface area contributed by atoms with E-state index in [1.165, 1.54) is 6.07 Å². The lowest BCUT2D eigenvalue weighted by atomic mass is 10.1. The van der Waals surface area contributed by atoms with Gasteiger partial charge in [0.15, 0.2) is 5.76 Å². The van der Waals surface area contributed by atoms with Gasteiger partial charge in [0.2, 0.25) is 0 Å². The minimum absolute atomic E-state index is 0.0908. The number of halogens is 1. The van der Waals surface area contributed by atoms with Crippen molar-refractivity contribution in [2.75, 3.05) is 6.61 Å². The van der Waals surface area contributed by atoms with Crippen LogP contribution in [0.2, 0.25) is 0 Å². The molecule has 0 radical (unpaired) electrons. The van der Waals surface area contributed by atoms with Crippen molar-refractivity contribution in [2.45, 2.75) is 13.3 Å². The summed E-state index contributed by atoms with van der Waals surface area (Å²) in [4.78, 5) is 22.6. The van der Waals surface area contributed by atoms with Crippen molar-refractivity contribution in [1.82, 2.24) is 0 Å². The zero-order chi connectivity index (χ0) is 14.5. The first-order valence-corrected chi connectivity index (χ1v) is 6.57. The summed E-state index contributed by atoms with van der Waals surface area (Å²) < 4.78 is 10.3. The standard InChI is InChI=1S/C15H13ClO4/c1-2-9-19-15(18)11-5-3-10(4-6-11)12-7-8-13(20-12)14(16)17/h3-8H,2,9H2,1H3. The highest BCUT2D eigenvalue weighted by Crippen LogP contribution is 2.23. The second kappa shape index (κ2) is 6.39. The number of hydrogen-bond acceptors (Lipinski definition) is 4. The summed E-state index contributed by atoms with van der Waals surface area (Å²) in [6.45, 7) is 2.34. The van der Waals surface area contributed by atoms with Crippen LogP contribution in [0.3, 0.4) is 0 Å². The summed E-state index contributed by atoms with van der Waals surface area (Å²) in [6.07, 6.45) is 0.783. The quantitative estimate of drug-likeness (QED) is 0.619. The van der Waals surface area contributed by atoms with Crippen molar-refractivity contribution >= 4 is 22.8 Å². The van der Waals surface area contributed by atoms with Crippen LogP contribution in [-0.2, 0) is 4.74 Å². The molecule has 2 rings (SSSR count). The highest BCUT2D eigenvalue weighted by Gasteiger charge is 2.11. The molecular weight excluding hydrogens is 280 g/mol. The first-order valence-electron chi connectivity index (χ1n) is 6.19. The zero-order valence-corrected chi connectivity index (χ0v) is 11.6. The lowest BCUT2D eigenvalue weighted by Gasteiger charge is -2.03. The molecule has 0 aliphatic rings. The number of ether oxygens (including phenoxy) is 1. The highest BCUT2D eigenvalue weighted by molar-refractivity contribution is 6.67. The van der Waals surface area contributed by atoms with Gasteiger partial charge in [0, 0.05) is 5.56 Å². The van der Waals surface area contributed by atoms with E-state index in [1.54, 1.807) is 30.3 Å². The van der Waals surface area contributed by atoms with Crippen LogP contribution >= 0.6 is 11.6 Å². The summed E-state index contributed by atoms with van der Waals surface area (Å²) in [6, 6.07) is 9.91. The maximum atomic E-state index is 11.6. The minimum Gasteiger partial charge on any atom is -0.462 e. The van der Waals surface area contributed by atoms with E-state index in [2.05, 4.69) is 0 Å². The third kappa shape index (κ3) is 3.27. The molecule has 0 atom stereocenters. The van der Waals surface area contributed by atoms with E-state index in [0.717, 1.165) is 12.0 Å². The van der Waals surface area contributed by atoms with Crippen LogP contribution in [0.1, 0.15) is 34.3 Å². The fourth-order valence-electron chi connectivity index (χ4n) is 1.65. The van der Waals surface area contributed by atoms with Crippen LogP contribution in [0.4, 0.5) is 0 Å². The van der Waals surface area contributed by atoms with Gasteiger partial charge in [-0.3, -0.25) is 4.79 Å². The molecule has 1 aromatic heterocycles. The van der Waals surface area contributed by atoms with Gasteiger partial charge in [0.05, 0.1) is 12.2 Å². The van der Waals surface area contributed by atoms with Gasteiger partial charge in [0.1, 0.15) is 5.76 Å². The van der Waals surface area contributed by atoms with Crippen LogP contribution in [-0.4, -0.2) is 17.8 Å². The molecule has 0 N–H and O–H groups in total. The lowest BCUT2D eigenvalue weighted by molar-refractivity contribution is 0.0505. The number of esters is 1. The first kappa shape index (κ1) is 14.3. The predicted octanol–water partition coefficient (Wildman–Crippen LogP) is 3.89. The molecule has 104 valence electrons. The van der Waals surface area contributed by atoms with Gasteiger partial charge < -0.3 is 9.15 Å². The van der Waals surface area contributed by atoms with Crippen LogP contribution in [0.15, 0.2) is 40.8 Å². The Kier molecular flexibility index (Phi) is 4.58. The van der Waals surface area contributed by atoms with E-state index in [4.69, 9.17) is 20.8 Å². The molecule has 0 saturated carbocycles. The van der Waals surface area contributed by atoms with Gasteiger partial charge >= 0.3 is 5.97 Å². The Morgan fingerprint density at radius 2 is 1.85 bits per heavy atom. The van der Waals surface area contributed by atoms with Gasteiger partial charge in [-0.2, -0.15) is 0 Å². The number of furan rings is 1. The second-order valence-electron chi connectivity index (χ2n) is 4.15. The third-order valence-electron chi connectivity index (χ3n) is 2.64. The fraction of sp³-hybridized carbons (Fsp3) is 0.200. The number of benzene rings is 1. The predicted molar refractivity (Wildman–Crippen MR) is 74.9 cm³/mol. The molecule has 20 heavy (non-hydrogen) atoms. The van der Waals surface area contributed by atoms with E-state index < -0.39 is 5.24 Å². The summed E-state index contributed by atoms with van der Waals surface area (Å²) in [7, 11) is 0. The lowest BCUT2D eigenvalue weighted by Crippen LogP contribution is -2.05.